The topological polar surface area (TPSA) is 49.8 Å². The largest absolute Gasteiger partial charge is 0.504 e. The van der Waals surface area contributed by atoms with Crippen molar-refractivity contribution in [3.63, 3.8) is 0 Å². The van der Waals surface area contributed by atoms with Crippen molar-refractivity contribution in [3.05, 3.63) is 34.7 Å². The number of hydrogen-bond donors (Lipinski definition) is 1. The van der Waals surface area contributed by atoms with Gasteiger partial charge in [0.2, 0.25) is 5.91 Å². The van der Waals surface area contributed by atoms with Crippen molar-refractivity contribution in [1.82, 2.24) is 4.90 Å². The number of amides is 1. The van der Waals surface area contributed by atoms with Crippen molar-refractivity contribution in [1.29, 1.82) is 0 Å². The molecule has 2 aliphatic rings. The first-order valence-corrected chi connectivity index (χ1v) is 9.51. The molecule has 1 saturated carbocycles. The van der Waals surface area contributed by atoms with E-state index >= 15 is 0 Å². The number of aromatic hydroxyl groups is 1. The molecule has 1 fully saturated rings. The third kappa shape index (κ3) is 3.01. The molecule has 25 heavy (non-hydrogen) atoms. The molecule has 4 rings (SSSR count). The summed E-state index contributed by atoms with van der Waals surface area (Å²) in [5.41, 5.74) is 1.97. The van der Waals surface area contributed by atoms with Gasteiger partial charge in [0.25, 0.3) is 0 Å². The molecule has 0 spiro atoms. The van der Waals surface area contributed by atoms with Crippen LogP contribution in [0, 0.1) is 18.3 Å². The highest BCUT2D eigenvalue weighted by Gasteiger charge is 2.52. The Morgan fingerprint density at radius 2 is 2.12 bits per heavy atom. The fourth-order valence-corrected chi connectivity index (χ4v) is 4.38. The minimum Gasteiger partial charge on any atom is -0.504 e. The third-order valence-electron chi connectivity index (χ3n) is 5.26. The maximum atomic E-state index is 12.8. The lowest BCUT2D eigenvalue weighted by Crippen LogP contribution is -2.34. The summed E-state index contributed by atoms with van der Waals surface area (Å²) in [6, 6.07) is 7.94. The van der Waals surface area contributed by atoms with Gasteiger partial charge in [-0.3, -0.25) is 4.79 Å². The summed E-state index contributed by atoms with van der Waals surface area (Å²) in [5.74, 6) is 0.992. The number of ether oxygens (including phenoxy) is 1. The summed E-state index contributed by atoms with van der Waals surface area (Å²) >= 11 is 1.69. The van der Waals surface area contributed by atoms with Gasteiger partial charge < -0.3 is 14.7 Å². The van der Waals surface area contributed by atoms with Gasteiger partial charge in [0, 0.05) is 27.8 Å². The third-order valence-corrected chi connectivity index (χ3v) is 6.31. The van der Waals surface area contributed by atoms with Crippen molar-refractivity contribution in [3.8, 4) is 21.9 Å². The summed E-state index contributed by atoms with van der Waals surface area (Å²) in [4.78, 5) is 17.0. The highest BCUT2D eigenvalue weighted by atomic mass is 32.1. The predicted molar refractivity (Wildman–Crippen MR) is 99.0 cm³/mol. The van der Waals surface area contributed by atoms with E-state index in [9.17, 15) is 9.90 Å². The lowest BCUT2D eigenvalue weighted by molar-refractivity contribution is -0.134. The molecule has 1 atom stereocenters. The Hall–Kier alpha value is -2.01. The second-order valence-electron chi connectivity index (χ2n) is 7.75. The average Bonchev–Trinajstić information content (AvgIpc) is 3.07. The molecule has 4 nitrogen and oxygen atoms in total. The van der Waals surface area contributed by atoms with Gasteiger partial charge >= 0.3 is 0 Å². The number of phenolic OH excluding ortho intramolecular Hbond substituents is 1. The zero-order chi connectivity index (χ0) is 17.8. The molecule has 2 heterocycles. The SMILES string of the molecule is Cc1ccc(-c2cc(O)c3c(c2)CN(C(=O)[C@@H]2CC2(C)C)CCO3)s1. The van der Waals surface area contributed by atoms with E-state index in [1.54, 1.807) is 17.4 Å². The maximum Gasteiger partial charge on any atom is 0.226 e. The number of benzene rings is 1. The van der Waals surface area contributed by atoms with E-state index in [-0.39, 0.29) is 23.0 Å². The van der Waals surface area contributed by atoms with E-state index in [1.807, 2.05) is 11.0 Å². The first-order valence-electron chi connectivity index (χ1n) is 8.69. The first-order chi connectivity index (χ1) is 11.8. The fraction of sp³-hybridized carbons (Fsp3) is 0.450. The minimum atomic E-state index is 0.116. The minimum absolute atomic E-state index is 0.116. The molecule has 1 aromatic carbocycles. The van der Waals surface area contributed by atoms with E-state index < -0.39 is 0 Å². The molecular formula is C20H23NO3S. The zero-order valence-corrected chi connectivity index (χ0v) is 15.7. The van der Waals surface area contributed by atoms with Gasteiger partial charge in [0.1, 0.15) is 6.61 Å². The molecular weight excluding hydrogens is 334 g/mol. The van der Waals surface area contributed by atoms with E-state index in [4.69, 9.17) is 4.74 Å². The van der Waals surface area contributed by atoms with Gasteiger partial charge in [-0.1, -0.05) is 13.8 Å². The van der Waals surface area contributed by atoms with E-state index in [0.29, 0.717) is 25.4 Å². The predicted octanol–water partition coefficient (Wildman–Crippen LogP) is 4.20. The summed E-state index contributed by atoms with van der Waals surface area (Å²) in [6.07, 6.45) is 0.954. The zero-order valence-electron chi connectivity index (χ0n) is 14.8. The molecule has 1 aromatic heterocycles. The van der Waals surface area contributed by atoms with Gasteiger partial charge in [-0.15, -0.1) is 11.3 Å². The molecule has 0 bridgehead atoms. The molecule has 0 saturated heterocycles. The van der Waals surface area contributed by atoms with Crippen LogP contribution in [0.25, 0.3) is 10.4 Å². The summed E-state index contributed by atoms with van der Waals surface area (Å²) < 4.78 is 5.77. The Balaban J connectivity index is 1.65. The molecule has 1 N–H and O–H groups in total. The summed E-state index contributed by atoms with van der Waals surface area (Å²) in [5, 5.41) is 10.4. The van der Waals surface area contributed by atoms with Crippen molar-refractivity contribution in [2.24, 2.45) is 11.3 Å². The van der Waals surface area contributed by atoms with Gasteiger partial charge in [-0.25, -0.2) is 0 Å². The highest BCUT2D eigenvalue weighted by molar-refractivity contribution is 7.15. The van der Waals surface area contributed by atoms with Gasteiger partial charge in [0.05, 0.1) is 6.54 Å². The van der Waals surface area contributed by atoms with Crippen molar-refractivity contribution in [2.45, 2.75) is 33.7 Å². The fourth-order valence-electron chi connectivity index (χ4n) is 3.53. The van der Waals surface area contributed by atoms with Crippen LogP contribution < -0.4 is 4.74 Å². The molecule has 1 aliphatic carbocycles. The molecule has 5 heteroatoms. The Kier molecular flexibility index (Phi) is 3.80. The Labute approximate surface area is 152 Å². The number of nitrogens with zero attached hydrogens (tertiary/aromatic N) is 1. The van der Waals surface area contributed by atoms with Crippen LogP contribution in [-0.2, 0) is 11.3 Å². The van der Waals surface area contributed by atoms with Crippen LogP contribution in [0.3, 0.4) is 0 Å². The van der Waals surface area contributed by atoms with Crippen LogP contribution in [-0.4, -0.2) is 29.1 Å². The van der Waals surface area contributed by atoms with Crippen LogP contribution >= 0.6 is 11.3 Å². The monoisotopic (exact) mass is 357 g/mol. The molecule has 1 amide bonds. The quantitative estimate of drug-likeness (QED) is 0.876. The molecule has 132 valence electrons. The Bertz CT molecular complexity index is 839. The number of aryl methyl sites for hydroxylation is 1. The number of fused-ring (bicyclic) bond motifs is 1. The summed E-state index contributed by atoms with van der Waals surface area (Å²) in [6.45, 7) is 7.82. The van der Waals surface area contributed by atoms with Crippen LogP contribution in [0.15, 0.2) is 24.3 Å². The maximum absolute atomic E-state index is 12.8. The van der Waals surface area contributed by atoms with Crippen LogP contribution in [0.4, 0.5) is 0 Å². The normalized spacial score (nSPS) is 21.2. The lowest BCUT2D eigenvalue weighted by atomic mass is 10.1. The van der Waals surface area contributed by atoms with E-state index in [2.05, 4.69) is 32.9 Å². The smallest absolute Gasteiger partial charge is 0.226 e. The molecule has 1 aliphatic heterocycles. The van der Waals surface area contributed by atoms with E-state index in [0.717, 1.165) is 22.4 Å². The van der Waals surface area contributed by atoms with E-state index in [1.165, 1.54) is 4.88 Å². The van der Waals surface area contributed by atoms with Crippen molar-refractivity contribution < 1.29 is 14.6 Å². The number of rotatable bonds is 2. The van der Waals surface area contributed by atoms with Crippen LogP contribution in [0.5, 0.6) is 11.5 Å². The molecule has 2 aromatic rings. The van der Waals surface area contributed by atoms with Crippen LogP contribution in [0.2, 0.25) is 0 Å². The first kappa shape index (κ1) is 16.5. The number of thiophene rings is 1. The number of carbonyl (C=O) groups is 1. The number of carbonyl (C=O) groups excluding carboxylic acids is 1. The Morgan fingerprint density at radius 1 is 1.36 bits per heavy atom. The van der Waals surface area contributed by atoms with Crippen LogP contribution in [0.1, 0.15) is 30.7 Å². The molecule has 0 unspecified atom stereocenters. The second-order valence-corrected chi connectivity index (χ2v) is 9.04. The van der Waals surface area contributed by atoms with Gasteiger partial charge in [-0.05, 0) is 48.6 Å². The lowest BCUT2D eigenvalue weighted by Gasteiger charge is -2.21. The molecule has 0 radical (unpaired) electrons. The average molecular weight is 357 g/mol. The van der Waals surface area contributed by atoms with Gasteiger partial charge in [-0.2, -0.15) is 0 Å². The summed E-state index contributed by atoms with van der Waals surface area (Å²) in [7, 11) is 0. The number of phenols is 1. The van der Waals surface area contributed by atoms with Gasteiger partial charge in [0.15, 0.2) is 11.5 Å². The Morgan fingerprint density at radius 3 is 2.76 bits per heavy atom. The second kappa shape index (κ2) is 5.77. The van der Waals surface area contributed by atoms with Crippen molar-refractivity contribution >= 4 is 17.2 Å². The highest BCUT2D eigenvalue weighted by Crippen LogP contribution is 2.52. The van der Waals surface area contributed by atoms with Crippen molar-refractivity contribution in [2.75, 3.05) is 13.2 Å². The number of hydrogen-bond acceptors (Lipinski definition) is 4. The standard InChI is InChI=1S/C20H23NO3S/c1-12-4-5-17(25-12)13-8-14-11-21(19(23)15-10-20(15,2)3)6-7-24-18(14)16(22)9-13/h4-5,8-9,15,22H,6-7,10-11H2,1-3H3/t15-/m0/s1.